The van der Waals surface area contributed by atoms with Crippen LogP contribution in [0.25, 0.3) is 22.6 Å². The van der Waals surface area contributed by atoms with Crippen molar-refractivity contribution >= 4 is 34.3 Å². The van der Waals surface area contributed by atoms with Gasteiger partial charge in [0.15, 0.2) is 17.7 Å². The molecule has 0 fully saturated rings. The van der Waals surface area contributed by atoms with Crippen molar-refractivity contribution in [1.82, 2.24) is 4.98 Å². The highest BCUT2D eigenvalue weighted by molar-refractivity contribution is 6.08. The topological polar surface area (TPSA) is 69.4 Å². The Bertz CT molecular complexity index is 1460. The van der Waals surface area contributed by atoms with E-state index in [9.17, 15) is 18.4 Å². The van der Waals surface area contributed by atoms with Crippen LogP contribution in [0.4, 0.5) is 8.78 Å². The van der Waals surface area contributed by atoms with E-state index in [1.54, 1.807) is 24.5 Å². The molecule has 5 rings (SSSR count). The molecule has 1 aliphatic rings. The number of pyridine rings is 1. The zero-order valence-corrected chi connectivity index (χ0v) is 18.2. The quantitative estimate of drug-likeness (QED) is 0.270. The molecule has 0 radical (unpaired) electrons. The summed E-state index contributed by atoms with van der Waals surface area (Å²) in [4.78, 5) is 30.8. The molecule has 2 heterocycles. The first-order valence-electron chi connectivity index (χ1n) is 10.8. The summed E-state index contributed by atoms with van der Waals surface area (Å²) >= 11 is 0. The molecule has 0 bridgehead atoms. The lowest BCUT2D eigenvalue weighted by molar-refractivity contribution is 0.0319. The van der Waals surface area contributed by atoms with Crippen LogP contribution < -0.4 is 0 Å². The Morgan fingerprint density at radius 2 is 1.88 bits per heavy atom. The molecule has 2 aromatic carbocycles. The normalized spacial score (nSPS) is 14.9. The Morgan fingerprint density at radius 1 is 1.06 bits per heavy atom. The minimum absolute atomic E-state index is 0.0762. The average molecular weight is 459 g/mol. The summed E-state index contributed by atoms with van der Waals surface area (Å²) in [6.45, 7) is 1.41. The Kier molecular flexibility index (Phi) is 5.53. The summed E-state index contributed by atoms with van der Waals surface area (Å²) in [6, 6.07) is 13.7. The van der Waals surface area contributed by atoms with Crippen LogP contribution in [-0.2, 0) is 11.2 Å². The molecule has 5 nitrogen and oxygen atoms in total. The number of rotatable bonds is 5. The molecule has 0 amide bonds. The molecular weight excluding hydrogens is 440 g/mol. The first kappa shape index (κ1) is 21.7. The van der Waals surface area contributed by atoms with Crippen molar-refractivity contribution in [2.45, 2.75) is 25.9 Å². The van der Waals surface area contributed by atoms with E-state index in [0.717, 1.165) is 29.3 Å². The highest BCUT2D eigenvalue weighted by atomic mass is 19.2. The van der Waals surface area contributed by atoms with Gasteiger partial charge in [-0.2, -0.15) is 0 Å². The van der Waals surface area contributed by atoms with Crippen molar-refractivity contribution in [3.63, 3.8) is 0 Å². The number of esters is 1. The van der Waals surface area contributed by atoms with Crippen molar-refractivity contribution in [2.24, 2.45) is 0 Å². The number of carbonyl (C=O) groups is 2. The second-order valence-electron chi connectivity index (χ2n) is 8.06. The van der Waals surface area contributed by atoms with Gasteiger partial charge in [0.1, 0.15) is 5.76 Å². The molecule has 7 heteroatoms. The molecule has 0 saturated carbocycles. The summed E-state index contributed by atoms with van der Waals surface area (Å²) < 4.78 is 37.8. The smallest absolute Gasteiger partial charge is 0.339 e. The molecule has 0 spiro atoms. The van der Waals surface area contributed by atoms with Crippen molar-refractivity contribution < 1.29 is 27.5 Å². The Morgan fingerprint density at radius 3 is 2.65 bits per heavy atom. The first-order valence-corrected chi connectivity index (χ1v) is 10.8. The molecular formula is C27H19F2NO4. The molecule has 4 aromatic rings. The Balaban J connectivity index is 1.51. The van der Waals surface area contributed by atoms with Gasteiger partial charge in [-0.15, -0.1) is 0 Å². The first-order chi connectivity index (χ1) is 16.4. The van der Waals surface area contributed by atoms with Gasteiger partial charge in [-0.25, -0.2) is 18.6 Å². The van der Waals surface area contributed by atoms with Crippen molar-refractivity contribution in [3.05, 3.63) is 101 Å². The number of benzene rings is 2. The maximum Gasteiger partial charge on any atom is 0.339 e. The van der Waals surface area contributed by atoms with Gasteiger partial charge >= 0.3 is 5.97 Å². The Hall–Kier alpha value is -4.13. The van der Waals surface area contributed by atoms with Crippen LogP contribution in [0.3, 0.4) is 0 Å². The maximum atomic E-state index is 13.6. The summed E-state index contributed by atoms with van der Waals surface area (Å²) in [5.74, 6) is -2.80. The van der Waals surface area contributed by atoms with Gasteiger partial charge < -0.3 is 9.15 Å². The van der Waals surface area contributed by atoms with Crippen LogP contribution in [0, 0.1) is 11.6 Å². The largest absolute Gasteiger partial charge is 0.465 e. The fourth-order valence-electron chi connectivity index (χ4n) is 4.21. The lowest BCUT2D eigenvalue weighted by Crippen LogP contribution is -2.25. The van der Waals surface area contributed by atoms with Crippen LogP contribution in [0.15, 0.2) is 65.3 Å². The SMILES string of the molecule is CC(OC(=O)c1c2c(nc3ccccc13)/C(=C\c1ccco1)CC2)C(=O)c1ccc(F)c(F)c1. The van der Waals surface area contributed by atoms with Gasteiger partial charge in [0.05, 0.1) is 23.0 Å². The number of ether oxygens (including phenoxy) is 1. The predicted molar refractivity (Wildman–Crippen MR) is 122 cm³/mol. The molecule has 34 heavy (non-hydrogen) atoms. The summed E-state index contributed by atoms with van der Waals surface area (Å²) in [5, 5.41) is 0.623. The van der Waals surface area contributed by atoms with E-state index in [2.05, 4.69) is 0 Å². The maximum absolute atomic E-state index is 13.6. The molecule has 0 N–H and O–H groups in total. The van der Waals surface area contributed by atoms with Gasteiger partial charge in [0.2, 0.25) is 5.78 Å². The van der Waals surface area contributed by atoms with E-state index in [1.165, 1.54) is 6.92 Å². The second-order valence-corrected chi connectivity index (χ2v) is 8.06. The van der Waals surface area contributed by atoms with Crippen LogP contribution in [0.5, 0.6) is 0 Å². The van der Waals surface area contributed by atoms with Gasteiger partial charge in [-0.05, 0) is 73.4 Å². The number of allylic oxidation sites excluding steroid dienone is 1. The third-order valence-electron chi connectivity index (χ3n) is 5.86. The number of Topliss-reactive ketones (excluding diaryl/α,β-unsaturated/α-hetero) is 1. The molecule has 0 saturated heterocycles. The molecule has 1 atom stereocenters. The van der Waals surface area contributed by atoms with Crippen molar-refractivity contribution in [3.8, 4) is 0 Å². The number of halogens is 2. The zero-order chi connectivity index (χ0) is 23.8. The number of nitrogens with zero attached hydrogens (tertiary/aromatic N) is 1. The monoisotopic (exact) mass is 459 g/mol. The lowest BCUT2D eigenvalue weighted by Gasteiger charge is -2.16. The number of carbonyl (C=O) groups excluding carboxylic acids is 2. The second kappa shape index (κ2) is 8.67. The third-order valence-corrected chi connectivity index (χ3v) is 5.86. The van der Waals surface area contributed by atoms with Gasteiger partial charge in [-0.1, -0.05) is 18.2 Å². The van der Waals surface area contributed by atoms with E-state index in [0.29, 0.717) is 40.8 Å². The number of furan rings is 1. The number of hydrogen-bond donors (Lipinski definition) is 0. The molecule has 2 aromatic heterocycles. The van der Waals surface area contributed by atoms with Crippen LogP contribution >= 0.6 is 0 Å². The van der Waals surface area contributed by atoms with Gasteiger partial charge in [-0.3, -0.25) is 4.79 Å². The fraction of sp³-hybridized carbons (Fsp3) is 0.148. The minimum Gasteiger partial charge on any atom is -0.465 e. The van der Waals surface area contributed by atoms with E-state index in [4.69, 9.17) is 14.1 Å². The standard InChI is InChI=1S/C27H19F2NO4/c1-15(26(31)17-9-11-21(28)22(29)14-17)34-27(32)24-19-6-2-3-7-23(19)30-25-16(8-10-20(24)25)13-18-5-4-12-33-18/h2-7,9,11-15H,8,10H2,1H3/b16-13-. The van der Waals surface area contributed by atoms with E-state index in [1.807, 2.05) is 24.3 Å². The number of ketones is 1. The minimum atomic E-state index is -1.19. The van der Waals surface area contributed by atoms with Gasteiger partial charge in [0.25, 0.3) is 0 Å². The summed E-state index contributed by atoms with van der Waals surface area (Å²) in [5.41, 5.74) is 3.28. The predicted octanol–water partition coefficient (Wildman–Crippen LogP) is 6.02. The number of hydrogen-bond acceptors (Lipinski definition) is 5. The Labute approximate surface area is 193 Å². The number of fused-ring (bicyclic) bond motifs is 2. The van der Waals surface area contributed by atoms with Crippen LogP contribution in [0.1, 0.15) is 51.1 Å². The van der Waals surface area contributed by atoms with Crippen molar-refractivity contribution in [2.75, 3.05) is 0 Å². The molecule has 0 aliphatic heterocycles. The number of para-hydroxylation sites is 1. The van der Waals surface area contributed by atoms with E-state index < -0.39 is 29.5 Å². The van der Waals surface area contributed by atoms with E-state index >= 15 is 0 Å². The summed E-state index contributed by atoms with van der Waals surface area (Å²) in [7, 11) is 0. The lowest BCUT2D eigenvalue weighted by atomic mass is 10.0. The number of aromatic nitrogens is 1. The van der Waals surface area contributed by atoms with E-state index in [-0.39, 0.29) is 5.56 Å². The fourth-order valence-corrected chi connectivity index (χ4v) is 4.21. The molecule has 1 aliphatic carbocycles. The molecule has 1 unspecified atom stereocenters. The third kappa shape index (κ3) is 3.90. The zero-order valence-electron chi connectivity index (χ0n) is 18.2. The highest BCUT2D eigenvalue weighted by Crippen LogP contribution is 2.38. The van der Waals surface area contributed by atoms with Crippen molar-refractivity contribution in [1.29, 1.82) is 0 Å². The van der Waals surface area contributed by atoms with Crippen LogP contribution in [0.2, 0.25) is 0 Å². The highest BCUT2D eigenvalue weighted by Gasteiger charge is 2.30. The van der Waals surface area contributed by atoms with Gasteiger partial charge in [0, 0.05) is 10.9 Å². The average Bonchev–Trinajstić information content (AvgIpc) is 3.49. The summed E-state index contributed by atoms with van der Waals surface area (Å²) in [6.07, 6.45) is 3.54. The molecule has 170 valence electrons. The van der Waals surface area contributed by atoms with Crippen LogP contribution in [-0.4, -0.2) is 22.8 Å².